The molecule has 0 amide bonds. The maximum absolute atomic E-state index is 7.04. The second-order valence-corrected chi connectivity index (χ2v) is 24.4. The third-order valence-corrected chi connectivity index (χ3v) is 18.0. The minimum Gasteiger partial charge on any atom is -0.456 e. The highest BCUT2D eigenvalue weighted by Gasteiger charge is 2.39. The van der Waals surface area contributed by atoms with Crippen LogP contribution in [0.4, 0.5) is 11.4 Å². The van der Waals surface area contributed by atoms with E-state index in [4.69, 9.17) is 4.42 Å². The lowest BCUT2D eigenvalue weighted by Crippen LogP contribution is -2.37. The summed E-state index contributed by atoms with van der Waals surface area (Å²) in [6.07, 6.45) is 2.33. The molecule has 14 rings (SSSR count). The van der Waals surface area contributed by atoms with Gasteiger partial charge in [0.15, 0.2) is 7.28 Å². The molecule has 3 aliphatic rings. The minimum absolute atomic E-state index is 0.0628. The number of nitrogens with one attached hydrogen (secondary N) is 1. The number of furan rings is 1. The molecule has 0 spiro atoms. The predicted octanol–water partition coefficient (Wildman–Crippen LogP) is 16.1. The molecule has 0 saturated heterocycles. The number of benzene rings is 8. The molecule has 3 aromatic heterocycles. The minimum atomic E-state index is -0.102. The summed E-state index contributed by atoms with van der Waals surface area (Å²) in [4.78, 5) is 0. The van der Waals surface area contributed by atoms with Gasteiger partial charge < -0.3 is 14.3 Å². The highest BCUT2D eigenvalue weighted by Crippen LogP contribution is 2.53. The molecule has 0 bridgehead atoms. The maximum atomic E-state index is 7.04. The fourth-order valence-electron chi connectivity index (χ4n) is 12.8. The summed E-state index contributed by atoms with van der Waals surface area (Å²) in [5, 5.41) is 11.6. The van der Waals surface area contributed by atoms with Crippen LogP contribution in [0.3, 0.4) is 0 Å². The number of hydrogen-bond acceptors (Lipinski definition) is 3. The van der Waals surface area contributed by atoms with Crippen molar-refractivity contribution >= 4 is 105 Å². The van der Waals surface area contributed by atoms with Crippen molar-refractivity contribution in [3.8, 4) is 27.9 Å². The molecule has 4 heterocycles. The van der Waals surface area contributed by atoms with Gasteiger partial charge in [0.1, 0.15) is 11.2 Å². The lowest BCUT2D eigenvalue weighted by molar-refractivity contribution is 0.332. The molecule has 5 heteroatoms. The number of rotatable bonds is 3. The molecule has 1 aliphatic heterocycles. The Kier molecular flexibility index (Phi) is 7.96. The van der Waals surface area contributed by atoms with E-state index in [0.29, 0.717) is 0 Å². The van der Waals surface area contributed by atoms with Gasteiger partial charge in [-0.2, -0.15) is 0 Å². The lowest BCUT2D eigenvalue weighted by Gasteiger charge is -2.41. The van der Waals surface area contributed by atoms with Crippen LogP contribution in [0.1, 0.15) is 103 Å². The van der Waals surface area contributed by atoms with Crippen LogP contribution in [0.2, 0.25) is 0 Å². The van der Waals surface area contributed by atoms with E-state index < -0.39 is 0 Å². The van der Waals surface area contributed by atoms with Crippen molar-refractivity contribution in [2.75, 3.05) is 5.32 Å². The van der Waals surface area contributed by atoms with Gasteiger partial charge in [0.2, 0.25) is 0 Å². The second-order valence-electron chi connectivity index (χ2n) is 23.3. The summed E-state index contributed by atoms with van der Waals surface area (Å²) in [6, 6.07) is 51.5. The Balaban J connectivity index is 1.06. The van der Waals surface area contributed by atoms with Crippen molar-refractivity contribution < 1.29 is 4.42 Å². The number of thiophene rings is 1. The largest absolute Gasteiger partial charge is 0.456 e. The molecule has 0 unspecified atom stereocenters. The fraction of sp³-hybridized carbons (Fsp3) is 0.238. The summed E-state index contributed by atoms with van der Waals surface area (Å²) in [7, 11) is 0.825. The number of hydrogen-bond donors (Lipinski definition) is 1. The SMILES string of the molecule is CC(C)(C)c1ccc(Nc2cc3c(cc2-c2ccc4c5cc6c(cc5n5c4c2Bc2cc4sc7ccccc7c4cc2-5)-c2ccccc2C6(C)C)oc2cc4c(cc23)C(C)(C)CCC4(C)C)cc1. The van der Waals surface area contributed by atoms with Gasteiger partial charge in [0.25, 0.3) is 0 Å². The van der Waals surface area contributed by atoms with Gasteiger partial charge in [-0.3, -0.25) is 0 Å². The Bertz CT molecular complexity index is 4030. The van der Waals surface area contributed by atoms with Crippen LogP contribution in [-0.2, 0) is 21.7 Å². The molecule has 3 nitrogen and oxygen atoms in total. The first-order valence-corrected chi connectivity index (χ1v) is 25.5. The zero-order valence-electron chi connectivity index (χ0n) is 40.6. The Labute approximate surface area is 403 Å². The third-order valence-electron chi connectivity index (χ3n) is 16.8. The molecule has 1 N–H and O–H groups in total. The summed E-state index contributed by atoms with van der Waals surface area (Å²) in [5.41, 5.74) is 22.9. The number of anilines is 2. The van der Waals surface area contributed by atoms with E-state index in [2.05, 4.69) is 206 Å². The van der Waals surface area contributed by atoms with Gasteiger partial charge >= 0.3 is 0 Å². The van der Waals surface area contributed by atoms with Crippen molar-refractivity contribution in [2.24, 2.45) is 0 Å². The van der Waals surface area contributed by atoms with Crippen LogP contribution in [0.15, 0.2) is 138 Å². The van der Waals surface area contributed by atoms with Gasteiger partial charge in [-0.25, -0.2) is 0 Å². The Morgan fingerprint density at radius 3 is 2.06 bits per heavy atom. The summed E-state index contributed by atoms with van der Waals surface area (Å²) in [6.45, 7) is 21.3. The van der Waals surface area contributed by atoms with E-state index in [0.717, 1.165) is 47.2 Å². The summed E-state index contributed by atoms with van der Waals surface area (Å²) >= 11 is 1.91. The van der Waals surface area contributed by atoms with Gasteiger partial charge in [0.05, 0.1) is 5.52 Å². The fourth-order valence-corrected chi connectivity index (χ4v) is 14.0. The van der Waals surface area contributed by atoms with Crippen molar-refractivity contribution in [3.05, 3.63) is 161 Å². The standard InChI is InChI=1S/C63H55BN2OS/c1-60(2,3)34-18-20-35(21-19-34)65-51-28-44-43-27-48-49(62(6,7)25-24-61(48,4)5)32-55(43)67-54(44)31-41(51)38-22-23-39-42-26-47-40(36-14-10-12-16-46(36)63(47,8)9)29-52(42)66-53-30-45-37-15-11-13-17-56(37)68-57(45)33-50(53)64-58(38)59(39)66/h10-23,26-33,64-65H,24-25H2,1-9H3. The Morgan fingerprint density at radius 2 is 1.26 bits per heavy atom. The lowest BCUT2D eigenvalue weighted by atomic mass is 9.59. The van der Waals surface area contributed by atoms with Crippen LogP contribution < -0.4 is 16.2 Å². The van der Waals surface area contributed by atoms with Crippen LogP contribution >= 0.6 is 11.3 Å². The molecule has 332 valence electrons. The van der Waals surface area contributed by atoms with Crippen molar-refractivity contribution in [1.82, 2.24) is 4.57 Å². The molecule has 0 atom stereocenters. The van der Waals surface area contributed by atoms with E-state index in [1.165, 1.54) is 115 Å². The second kappa shape index (κ2) is 13.4. The van der Waals surface area contributed by atoms with Crippen molar-refractivity contribution in [1.29, 1.82) is 0 Å². The quantitative estimate of drug-likeness (QED) is 0.179. The van der Waals surface area contributed by atoms with E-state index in [9.17, 15) is 0 Å². The summed E-state index contributed by atoms with van der Waals surface area (Å²) < 4.78 is 12.4. The average molecular weight is 899 g/mol. The van der Waals surface area contributed by atoms with E-state index in [1.807, 2.05) is 11.3 Å². The molecular weight excluding hydrogens is 844 g/mol. The highest BCUT2D eigenvalue weighted by atomic mass is 32.1. The third kappa shape index (κ3) is 5.54. The molecule has 0 saturated carbocycles. The van der Waals surface area contributed by atoms with Crippen LogP contribution in [0, 0.1) is 0 Å². The predicted molar refractivity (Wildman–Crippen MR) is 294 cm³/mol. The first-order valence-electron chi connectivity index (χ1n) is 24.7. The Morgan fingerprint density at radius 1 is 0.559 bits per heavy atom. The van der Waals surface area contributed by atoms with Crippen LogP contribution in [-0.4, -0.2) is 11.8 Å². The molecule has 0 fully saturated rings. The van der Waals surface area contributed by atoms with Crippen LogP contribution in [0.5, 0.6) is 0 Å². The molecule has 2 aliphatic carbocycles. The first-order chi connectivity index (χ1) is 32.5. The number of aromatic nitrogens is 1. The molecule has 11 aromatic rings. The molecule has 8 aromatic carbocycles. The van der Waals surface area contributed by atoms with Gasteiger partial charge in [-0.1, -0.05) is 135 Å². The zero-order valence-corrected chi connectivity index (χ0v) is 41.4. The van der Waals surface area contributed by atoms with E-state index >= 15 is 0 Å². The Hall–Kier alpha value is -6.56. The number of fused-ring (bicyclic) bond motifs is 15. The first kappa shape index (κ1) is 40.5. The summed E-state index contributed by atoms with van der Waals surface area (Å²) in [5.74, 6) is 0. The maximum Gasteiger partial charge on any atom is 0.198 e. The monoisotopic (exact) mass is 898 g/mol. The van der Waals surface area contributed by atoms with E-state index in [1.54, 1.807) is 0 Å². The average Bonchev–Trinajstić information content (AvgIpc) is 4.02. The molecule has 68 heavy (non-hydrogen) atoms. The van der Waals surface area contributed by atoms with Crippen molar-refractivity contribution in [3.63, 3.8) is 0 Å². The molecule has 0 radical (unpaired) electrons. The highest BCUT2D eigenvalue weighted by molar-refractivity contribution is 7.26. The van der Waals surface area contributed by atoms with Crippen LogP contribution in [0.25, 0.3) is 91.9 Å². The zero-order chi connectivity index (χ0) is 46.4. The topological polar surface area (TPSA) is 30.1 Å². The van der Waals surface area contributed by atoms with Crippen molar-refractivity contribution in [2.45, 2.75) is 96.8 Å². The van der Waals surface area contributed by atoms with E-state index in [-0.39, 0.29) is 21.7 Å². The normalized spacial score (nSPS) is 16.4. The van der Waals surface area contributed by atoms with Gasteiger partial charge in [0, 0.05) is 75.3 Å². The van der Waals surface area contributed by atoms with Gasteiger partial charge in [-0.05, 0) is 146 Å². The van der Waals surface area contributed by atoms with Gasteiger partial charge in [-0.15, -0.1) is 11.3 Å². The smallest absolute Gasteiger partial charge is 0.198 e. The number of nitrogens with zero attached hydrogens (tertiary/aromatic N) is 1. The molecular formula is C63H55BN2OS.